The molecule has 0 unspecified atom stereocenters. The Kier molecular flexibility index (Phi) is 6.36. The van der Waals surface area contributed by atoms with Crippen molar-refractivity contribution in [3.05, 3.63) is 81.6 Å². The van der Waals surface area contributed by atoms with E-state index in [0.717, 1.165) is 11.7 Å². The fraction of sp³-hybridized carbons (Fsp3) is 0.0500. The van der Waals surface area contributed by atoms with Crippen molar-refractivity contribution >= 4 is 60.3 Å². The number of fused-ring (bicyclic) bond motifs is 1. The lowest BCUT2D eigenvalue weighted by Crippen LogP contribution is -2.26. The molecule has 170 valence electrons. The minimum Gasteiger partial charge on any atom is -0.348 e. The Hall–Kier alpha value is -3.03. The van der Waals surface area contributed by atoms with Gasteiger partial charge in [-0.3, -0.25) is 9.52 Å². The molecule has 7 nitrogen and oxygen atoms in total. The van der Waals surface area contributed by atoms with Gasteiger partial charge in [-0.25, -0.2) is 21.6 Å². The van der Waals surface area contributed by atoms with Gasteiger partial charge in [-0.2, -0.15) is 8.75 Å². The first-order valence-electron chi connectivity index (χ1n) is 9.11. The Labute approximate surface area is 198 Å². The van der Waals surface area contributed by atoms with Gasteiger partial charge in [0.25, 0.3) is 15.9 Å². The average molecular weight is 557 g/mol. The highest BCUT2D eigenvalue weighted by molar-refractivity contribution is 9.10. The topological polar surface area (TPSA) is 101 Å². The molecule has 3 aromatic carbocycles. The monoisotopic (exact) mass is 556 g/mol. The van der Waals surface area contributed by atoms with E-state index in [1.807, 2.05) is 0 Å². The Bertz CT molecular complexity index is 1470. The summed E-state index contributed by atoms with van der Waals surface area (Å²) in [4.78, 5) is 12.6. The molecule has 0 atom stereocenters. The number of amides is 1. The standard InChI is InChI=1S/C20H12BrF3N4O3S2/c21-10-4-5-12(20(29)25-9-13-14(23)7-11(22)8-15(13)24)17(6-10)28-33(30,31)18-3-1-2-16-19(18)27-32-26-16/h1-8,28H,9H2,(H,25,29). The van der Waals surface area contributed by atoms with Gasteiger partial charge in [0, 0.05) is 28.7 Å². The Morgan fingerprint density at radius 3 is 2.48 bits per heavy atom. The second-order valence-electron chi connectivity index (χ2n) is 6.71. The van der Waals surface area contributed by atoms with Crippen molar-refractivity contribution in [1.82, 2.24) is 14.1 Å². The molecule has 2 N–H and O–H groups in total. The number of hydrogen-bond donors (Lipinski definition) is 2. The van der Waals surface area contributed by atoms with Gasteiger partial charge in [-0.1, -0.05) is 22.0 Å². The molecule has 0 saturated heterocycles. The molecule has 13 heteroatoms. The van der Waals surface area contributed by atoms with E-state index in [4.69, 9.17) is 0 Å². The molecule has 1 amide bonds. The predicted octanol–water partition coefficient (Wildman–Crippen LogP) is 4.60. The molecule has 33 heavy (non-hydrogen) atoms. The third-order valence-corrected chi connectivity index (χ3v) is 6.97. The summed E-state index contributed by atoms with van der Waals surface area (Å²) < 4.78 is 77.8. The zero-order valence-corrected chi connectivity index (χ0v) is 19.5. The highest BCUT2D eigenvalue weighted by atomic mass is 79.9. The lowest BCUT2D eigenvalue weighted by molar-refractivity contribution is 0.0951. The molecule has 1 aromatic heterocycles. The second-order valence-corrected chi connectivity index (χ2v) is 9.81. The summed E-state index contributed by atoms with van der Waals surface area (Å²) in [7, 11) is -4.18. The third-order valence-electron chi connectivity index (χ3n) is 4.54. The van der Waals surface area contributed by atoms with Crippen LogP contribution in [0.2, 0.25) is 0 Å². The molecule has 0 aliphatic carbocycles. The fourth-order valence-corrected chi connectivity index (χ4v) is 5.20. The number of carbonyl (C=O) groups excluding carboxylic acids is 1. The van der Waals surface area contributed by atoms with E-state index >= 15 is 0 Å². The van der Waals surface area contributed by atoms with E-state index in [2.05, 4.69) is 34.7 Å². The van der Waals surface area contributed by atoms with Gasteiger partial charge < -0.3 is 5.32 Å². The first-order chi connectivity index (χ1) is 15.7. The van der Waals surface area contributed by atoms with E-state index in [0.29, 0.717) is 22.1 Å². The Morgan fingerprint density at radius 1 is 1.03 bits per heavy atom. The number of nitrogens with one attached hydrogen (secondary N) is 2. The van der Waals surface area contributed by atoms with Crippen LogP contribution >= 0.6 is 27.7 Å². The number of halogens is 4. The molecule has 0 radical (unpaired) electrons. The summed E-state index contributed by atoms with van der Waals surface area (Å²) in [6.45, 7) is -0.581. The zero-order valence-electron chi connectivity index (χ0n) is 16.3. The van der Waals surface area contributed by atoms with Crippen LogP contribution < -0.4 is 10.0 Å². The van der Waals surface area contributed by atoms with Crippen LogP contribution in [-0.4, -0.2) is 23.1 Å². The normalized spacial score (nSPS) is 11.5. The van der Waals surface area contributed by atoms with Crippen LogP contribution in [0.25, 0.3) is 11.0 Å². The van der Waals surface area contributed by atoms with Crippen molar-refractivity contribution in [1.29, 1.82) is 0 Å². The lowest BCUT2D eigenvalue weighted by Gasteiger charge is -2.14. The van der Waals surface area contributed by atoms with Crippen LogP contribution in [0.15, 0.2) is 57.9 Å². The molecule has 0 fully saturated rings. The first-order valence-corrected chi connectivity index (χ1v) is 12.1. The van der Waals surface area contributed by atoms with E-state index in [1.165, 1.54) is 30.3 Å². The van der Waals surface area contributed by atoms with Gasteiger partial charge in [0.1, 0.15) is 33.4 Å². The van der Waals surface area contributed by atoms with Crippen molar-refractivity contribution in [3.8, 4) is 0 Å². The molecular formula is C20H12BrF3N4O3S2. The number of nitrogens with zero attached hydrogens (tertiary/aromatic N) is 2. The smallest absolute Gasteiger partial charge is 0.264 e. The summed E-state index contributed by atoms with van der Waals surface area (Å²) in [6.07, 6.45) is 0. The predicted molar refractivity (Wildman–Crippen MR) is 120 cm³/mol. The average Bonchev–Trinajstić information content (AvgIpc) is 3.21. The number of benzene rings is 3. The maximum atomic E-state index is 13.9. The number of anilines is 1. The van der Waals surface area contributed by atoms with Crippen LogP contribution in [0.3, 0.4) is 0 Å². The van der Waals surface area contributed by atoms with Gasteiger partial charge in [0.05, 0.1) is 23.0 Å². The summed E-state index contributed by atoms with van der Waals surface area (Å²) in [6, 6.07) is 9.67. The van der Waals surface area contributed by atoms with Crippen molar-refractivity contribution < 1.29 is 26.4 Å². The van der Waals surface area contributed by atoms with Gasteiger partial charge in [0.2, 0.25) is 0 Å². The molecule has 1 heterocycles. The first kappa shape index (κ1) is 23.1. The van der Waals surface area contributed by atoms with Gasteiger partial charge >= 0.3 is 0 Å². The fourth-order valence-electron chi connectivity index (χ4n) is 3.00. The van der Waals surface area contributed by atoms with E-state index < -0.39 is 45.5 Å². The molecular weight excluding hydrogens is 545 g/mol. The van der Waals surface area contributed by atoms with Crippen LogP contribution in [0.1, 0.15) is 15.9 Å². The molecule has 4 rings (SSSR count). The maximum Gasteiger partial charge on any atom is 0.264 e. The molecule has 0 aliphatic rings. The van der Waals surface area contributed by atoms with Gasteiger partial charge in [-0.15, -0.1) is 0 Å². The molecule has 0 saturated carbocycles. The van der Waals surface area contributed by atoms with Crippen LogP contribution in [0, 0.1) is 17.5 Å². The number of carbonyl (C=O) groups is 1. The summed E-state index contributed by atoms with van der Waals surface area (Å²) in [5.41, 5.74) is -0.140. The number of hydrogen-bond acceptors (Lipinski definition) is 6. The van der Waals surface area contributed by atoms with Gasteiger partial charge in [-0.05, 0) is 30.3 Å². The van der Waals surface area contributed by atoms with E-state index in [1.54, 1.807) is 6.07 Å². The third kappa shape index (κ3) is 4.84. The van der Waals surface area contributed by atoms with Crippen molar-refractivity contribution in [2.24, 2.45) is 0 Å². The minimum atomic E-state index is -4.18. The number of rotatable bonds is 6. The molecule has 0 bridgehead atoms. The van der Waals surface area contributed by atoms with Crippen molar-refractivity contribution in [2.45, 2.75) is 11.4 Å². The summed E-state index contributed by atoms with van der Waals surface area (Å²) >= 11 is 4.08. The lowest BCUT2D eigenvalue weighted by atomic mass is 10.1. The van der Waals surface area contributed by atoms with E-state index in [9.17, 15) is 26.4 Å². The Morgan fingerprint density at radius 2 is 1.76 bits per heavy atom. The summed E-state index contributed by atoms with van der Waals surface area (Å²) in [5.74, 6) is -4.21. The summed E-state index contributed by atoms with van der Waals surface area (Å²) in [5, 5.41) is 2.32. The second kappa shape index (κ2) is 9.08. The molecule has 0 spiro atoms. The zero-order chi connectivity index (χ0) is 23.8. The van der Waals surface area contributed by atoms with Crippen LogP contribution in [0.5, 0.6) is 0 Å². The highest BCUT2D eigenvalue weighted by Gasteiger charge is 2.23. The van der Waals surface area contributed by atoms with Gasteiger partial charge in [0.15, 0.2) is 0 Å². The number of sulfonamides is 1. The van der Waals surface area contributed by atoms with Crippen molar-refractivity contribution in [3.63, 3.8) is 0 Å². The SMILES string of the molecule is O=C(NCc1c(F)cc(F)cc1F)c1ccc(Br)cc1NS(=O)(=O)c1cccc2nsnc12. The van der Waals surface area contributed by atoms with Crippen molar-refractivity contribution in [2.75, 3.05) is 4.72 Å². The quantitative estimate of drug-likeness (QED) is 0.361. The Balaban J connectivity index is 1.63. The van der Waals surface area contributed by atoms with E-state index in [-0.39, 0.29) is 21.7 Å². The highest BCUT2D eigenvalue weighted by Crippen LogP contribution is 2.27. The maximum absolute atomic E-state index is 13.9. The van der Waals surface area contributed by atoms with Crippen LogP contribution in [-0.2, 0) is 16.6 Å². The largest absolute Gasteiger partial charge is 0.348 e. The van der Waals surface area contributed by atoms with Crippen LogP contribution in [0.4, 0.5) is 18.9 Å². The number of aromatic nitrogens is 2. The molecule has 4 aromatic rings. The molecule has 0 aliphatic heterocycles. The minimum absolute atomic E-state index is 0.0814.